The molecule has 2 N–H and O–H groups in total. The summed E-state index contributed by atoms with van der Waals surface area (Å²) in [6.45, 7) is 1.59. The number of rotatable bonds is 6. The molecule has 3 aromatic rings. The minimum atomic E-state index is -0.411. The maximum Gasteiger partial charge on any atom is 0.407 e. The van der Waals surface area contributed by atoms with Crippen molar-refractivity contribution in [3.63, 3.8) is 0 Å². The molecule has 0 atom stereocenters. The summed E-state index contributed by atoms with van der Waals surface area (Å²) < 4.78 is 5.24. The van der Waals surface area contributed by atoms with Crippen molar-refractivity contribution >= 4 is 17.0 Å². The lowest BCUT2D eigenvalue weighted by Crippen LogP contribution is -2.23. The molecule has 0 radical (unpaired) electrons. The molecule has 5 nitrogen and oxygen atoms in total. The smallest absolute Gasteiger partial charge is 0.407 e. The Morgan fingerprint density at radius 3 is 2.68 bits per heavy atom. The Hall–Kier alpha value is -2.79. The summed E-state index contributed by atoms with van der Waals surface area (Å²) >= 11 is 0. The van der Waals surface area contributed by atoms with E-state index in [0.717, 1.165) is 23.2 Å². The van der Waals surface area contributed by atoms with Crippen molar-refractivity contribution in [1.29, 1.82) is 0 Å². The third kappa shape index (κ3) is 4.61. The Morgan fingerprint density at radius 1 is 1.12 bits per heavy atom. The lowest BCUT2D eigenvalue weighted by molar-refractivity contribution is 0.139. The van der Waals surface area contributed by atoms with Crippen LogP contribution in [-0.2, 0) is 24.4 Å². The van der Waals surface area contributed by atoms with Crippen LogP contribution in [-0.4, -0.2) is 30.1 Å². The van der Waals surface area contributed by atoms with Crippen LogP contribution in [0.25, 0.3) is 10.9 Å². The fourth-order valence-corrected chi connectivity index (χ4v) is 2.76. The van der Waals surface area contributed by atoms with E-state index in [4.69, 9.17) is 4.74 Å². The Labute approximate surface area is 147 Å². The molecule has 0 fully saturated rings. The molecule has 25 heavy (non-hydrogen) atoms. The first-order valence-electron chi connectivity index (χ1n) is 8.30. The Morgan fingerprint density at radius 2 is 1.92 bits per heavy atom. The van der Waals surface area contributed by atoms with Crippen LogP contribution in [0.15, 0.2) is 54.7 Å². The van der Waals surface area contributed by atoms with Crippen LogP contribution in [0.3, 0.4) is 0 Å². The predicted molar refractivity (Wildman–Crippen MR) is 99.2 cm³/mol. The largest absolute Gasteiger partial charge is 0.445 e. The second kappa shape index (κ2) is 7.85. The van der Waals surface area contributed by atoms with Gasteiger partial charge in [0.25, 0.3) is 0 Å². The number of hydrogen-bond acceptors (Lipinski definition) is 3. The quantitative estimate of drug-likeness (QED) is 0.722. The average molecular weight is 337 g/mol. The maximum absolute atomic E-state index is 11.9. The van der Waals surface area contributed by atoms with Crippen LogP contribution in [0.1, 0.15) is 16.7 Å². The maximum atomic E-state index is 11.9. The highest BCUT2D eigenvalue weighted by molar-refractivity contribution is 5.84. The van der Waals surface area contributed by atoms with Gasteiger partial charge in [-0.2, -0.15) is 0 Å². The lowest BCUT2D eigenvalue weighted by Gasteiger charge is -2.09. The van der Waals surface area contributed by atoms with Gasteiger partial charge in [-0.05, 0) is 42.9 Å². The number of ether oxygens (including phenoxy) is 1. The molecule has 0 aliphatic rings. The number of carbonyl (C=O) groups excluding carboxylic acids is 1. The normalized spacial score (nSPS) is 11.0. The summed E-state index contributed by atoms with van der Waals surface area (Å²) in [6, 6.07) is 15.8. The topological polar surface area (TPSA) is 57.4 Å². The lowest BCUT2D eigenvalue weighted by atomic mass is 10.1. The van der Waals surface area contributed by atoms with Crippen LogP contribution in [0.5, 0.6) is 0 Å². The minimum Gasteiger partial charge on any atom is -0.445 e. The molecule has 0 saturated heterocycles. The number of fused-ring (bicyclic) bond motifs is 1. The predicted octanol–water partition coefficient (Wildman–Crippen LogP) is 3.66. The number of alkyl carbamates (subject to hydrolysis) is 1. The molecule has 0 aliphatic heterocycles. The van der Waals surface area contributed by atoms with E-state index in [0.29, 0.717) is 6.54 Å². The second-order valence-corrected chi connectivity index (χ2v) is 6.35. The molecule has 3 rings (SSSR count). The van der Waals surface area contributed by atoms with Crippen LogP contribution in [0.4, 0.5) is 4.79 Å². The summed E-state index contributed by atoms with van der Waals surface area (Å²) in [5.74, 6) is 0. The van der Waals surface area contributed by atoms with Gasteiger partial charge in [0.2, 0.25) is 0 Å². The molecule has 0 spiro atoms. The van der Waals surface area contributed by atoms with Gasteiger partial charge in [-0.25, -0.2) is 4.79 Å². The fraction of sp³-hybridized carbons (Fsp3) is 0.250. The van der Waals surface area contributed by atoms with Crippen molar-refractivity contribution < 1.29 is 9.53 Å². The van der Waals surface area contributed by atoms with Gasteiger partial charge in [-0.15, -0.1) is 0 Å². The second-order valence-electron chi connectivity index (χ2n) is 6.35. The van der Waals surface area contributed by atoms with Gasteiger partial charge in [0.15, 0.2) is 0 Å². The van der Waals surface area contributed by atoms with E-state index < -0.39 is 6.09 Å². The van der Waals surface area contributed by atoms with Crippen molar-refractivity contribution in [2.75, 3.05) is 14.1 Å². The number of aromatic amines is 1. The van der Waals surface area contributed by atoms with Crippen molar-refractivity contribution in [2.24, 2.45) is 0 Å². The Balaban J connectivity index is 1.58. The van der Waals surface area contributed by atoms with Crippen molar-refractivity contribution in [2.45, 2.75) is 19.7 Å². The fourth-order valence-electron chi connectivity index (χ4n) is 2.76. The first-order chi connectivity index (χ1) is 12.1. The number of nitrogens with zero attached hydrogens (tertiary/aromatic N) is 1. The molecule has 0 aliphatic carbocycles. The number of nitrogens with one attached hydrogen (secondary N) is 2. The molecule has 1 aromatic heterocycles. The molecule has 5 heteroatoms. The third-order valence-electron chi connectivity index (χ3n) is 3.97. The molecular formula is C20H23N3O2. The van der Waals surface area contributed by atoms with Crippen LogP contribution in [0.2, 0.25) is 0 Å². The minimum absolute atomic E-state index is 0.274. The van der Waals surface area contributed by atoms with E-state index in [1.165, 1.54) is 10.9 Å². The molecule has 130 valence electrons. The first kappa shape index (κ1) is 17.0. The summed E-state index contributed by atoms with van der Waals surface area (Å²) in [7, 11) is 4.10. The molecule has 1 heterocycles. The van der Waals surface area contributed by atoms with E-state index in [1.54, 1.807) is 0 Å². The molecule has 0 unspecified atom stereocenters. The van der Waals surface area contributed by atoms with Crippen molar-refractivity contribution in [3.05, 3.63) is 71.4 Å². The number of benzene rings is 2. The molecule has 2 aromatic carbocycles. The van der Waals surface area contributed by atoms with Crippen molar-refractivity contribution in [3.8, 4) is 0 Å². The molecule has 1 amide bonds. The number of amides is 1. The van der Waals surface area contributed by atoms with Crippen molar-refractivity contribution in [1.82, 2.24) is 15.2 Å². The number of hydrogen-bond donors (Lipinski definition) is 2. The summed E-state index contributed by atoms with van der Waals surface area (Å²) in [5, 5.41) is 3.99. The summed E-state index contributed by atoms with van der Waals surface area (Å²) in [6.07, 6.45) is 1.63. The summed E-state index contributed by atoms with van der Waals surface area (Å²) in [4.78, 5) is 17.3. The highest BCUT2D eigenvalue weighted by atomic mass is 16.5. The summed E-state index contributed by atoms with van der Waals surface area (Å²) in [5.41, 5.74) is 4.37. The first-order valence-corrected chi connectivity index (χ1v) is 8.30. The number of aromatic nitrogens is 1. The van der Waals surface area contributed by atoms with Gasteiger partial charge in [0, 0.05) is 30.2 Å². The zero-order valence-corrected chi connectivity index (χ0v) is 14.6. The van der Waals surface area contributed by atoms with Crippen LogP contribution in [0, 0.1) is 0 Å². The third-order valence-corrected chi connectivity index (χ3v) is 3.97. The Bertz CT molecular complexity index is 841. The zero-order chi connectivity index (χ0) is 17.6. The molecular weight excluding hydrogens is 314 g/mol. The molecule has 0 bridgehead atoms. The van der Waals surface area contributed by atoms with Crippen LogP contribution >= 0.6 is 0 Å². The Kier molecular flexibility index (Phi) is 5.36. The monoisotopic (exact) mass is 337 g/mol. The van der Waals surface area contributed by atoms with Gasteiger partial charge in [-0.3, -0.25) is 0 Å². The van der Waals surface area contributed by atoms with Gasteiger partial charge >= 0.3 is 6.09 Å². The van der Waals surface area contributed by atoms with E-state index in [1.807, 2.05) is 62.8 Å². The highest BCUT2D eigenvalue weighted by Crippen LogP contribution is 2.20. The van der Waals surface area contributed by atoms with E-state index in [2.05, 4.69) is 21.3 Å². The standard InChI is InChI=1S/C20H23N3O2/c1-23(2)13-17-12-21-19-9-8-16(10-18(17)19)11-22-20(24)25-14-15-6-4-3-5-7-15/h3-10,12,21H,11,13-14H2,1-2H3,(H,22,24). The SMILES string of the molecule is CN(C)Cc1c[nH]c2ccc(CNC(=O)OCc3ccccc3)cc12. The van der Waals surface area contributed by atoms with E-state index >= 15 is 0 Å². The van der Waals surface area contributed by atoms with Gasteiger partial charge < -0.3 is 19.9 Å². The number of carbonyl (C=O) groups is 1. The van der Waals surface area contributed by atoms with Gasteiger partial charge in [0.05, 0.1) is 0 Å². The number of H-pyrrole nitrogens is 1. The van der Waals surface area contributed by atoms with E-state index in [-0.39, 0.29) is 6.61 Å². The van der Waals surface area contributed by atoms with Crippen LogP contribution < -0.4 is 5.32 Å². The van der Waals surface area contributed by atoms with E-state index in [9.17, 15) is 4.79 Å². The zero-order valence-electron chi connectivity index (χ0n) is 14.6. The average Bonchev–Trinajstić information content (AvgIpc) is 3.00. The molecule has 0 saturated carbocycles. The van der Waals surface area contributed by atoms with Gasteiger partial charge in [-0.1, -0.05) is 36.4 Å². The van der Waals surface area contributed by atoms with Gasteiger partial charge in [0.1, 0.15) is 6.61 Å². The highest BCUT2D eigenvalue weighted by Gasteiger charge is 2.07.